The maximum atomic E-state index is 10.8. The molecule has 0 aromatic carbocycles. The molecule has 6 nitrogen and oxygen atoms in total. The largest absolute Gasteiger partial charge is 0.369 e. The van der Waals surface area contributed by atoms with Gasteiger partial charge in [-0.15, -0.1) is 0 Å². The van der Waals surface area contributed by atoms with Crippen molar-refractivity contribution in [2.45, 2.75) is 0 Å². The van der Waals surface area contributed by atoms with E-state index in [-0.39, 0.29) is 11.7 Å². The summed E-state index contributed by atoms with van der Waals surface area (Å²) in [6.07, 6.45) is 1.08. The van der Waals surface area contributed by atoms with Crippen LogP contribution in [0.4, 0.5) is 5.82 Å². The molecule has 0 saturated heterocycles. The van der Waals surface area contributed by atoms with Crippen molar-refractivity contribution in [3.63, 3.8) is 0 Å². The molecule has 17 heavy (non-hydrogen) atoms. The van der Waals surface area contributed by atoms with Gasteiger partial charge in [0.25, 0.3) is 0 Å². The molecule has 0 spiro atoms. The van der Waals surface area contributed by atoms with Crippen molar-refractivity contribution in [3.05, 3.63) is 22.8 Å². The second-order valence-electron chi connectivity index (χ2n) is 3.27. The molecule has 1 rings (SSSR count). The summed E-state index contributed by atoms with van der Waals surface area (Å²) in [6.45, 7) is 0.584. The number of hydrogen-bond acceptors (Lipinski definition) is 5. The Kier molecular flexibility index (Phi) is 4.69. The van der Waals surface area contributed by atoms with Gasteiger partial charge >= 0.3 is 0 Å². The van der Waals surface area contributed by atoms with Crippen molar-refractivity contribution >= 4 is 27.4 Å². The van der Waals surface area contributed by atoms with Gasteiger partial charge < -0.3 is 5.32 Å². The van der Waals surface area contributed by atoms with Crippen LogP contribution in [0.1, 0.15) is 5.56 Å². The van der Waals surface area contributed by atoms with Crippen molar-refractivity contribution in [1.82, 2.24) is 9.71 Å². The SMILES string of the molecule is CS(=O)(=O)NCCNc1cc(C#N)cc(Cl)n1. The van der Waals surface area contributed by atoms with E-state index in [1.807, 2.05) is 6.07 Å². The maximum absolute atomic E-state index is 10.8. The van der Waals surface area contributed by atoms with E-state index < -0.39 is 10.0 Å². The minimum Gasteiger partial charge on any atom is -0.369 e. The van der Waals surface area contributed by atoms with E-state index in [0.29, 0.717) is 17.9 Å². The molecule has 0 radical (unpaired) electrons. The molecule has 92 valence electrons. The number of nitriles is 1. The lowest BCUT2D eigenvalue weighted by molar-refractivity contribution is 0.589. The fourth-order valence-corrected chi connectivity index (χ4v) is 1.76. The van der Waals surface area contributed by atoms with Crippen LogP contribution in [-0.2, 0) is 10.0 Å². The van der Waals surface area contributed by atoms with Gasteiger partial charge in [-0.05, 0) is 12.1 Å². The van der Waals surface area contributed by atoms with Gasteiger partial charge in [-0.1, -0.05) is 11.6 Å². The summed E-state index contributed by atoms with van der Waals surface area (Å²) >= 11 is 5.70. The first-order valence-corrected chi connectivity index (χ1v) is 6.94. The Morgan fingerprint density at radius 2 is 2.18 bits per heavy atom. The van der Waals surface area contributed by atoms with Crippen LogP contribution in [0.5, 0.6) is 0 Å². The standard InChI is InChI=1S/C9H11ClN4O2S/c1-17(15,16)13-3-2-12-9-5-7(6-11)4-8(10)14-9/h4-5,13H,2-3H2,1H3,(H,12,14). The number of pyridine rings is 1. The Balaban J connectivity index is 2.53. The first kappa shape index (κ1) is 13.7. The van der Waals surface area contributed by atoms with Gasteiger partial charge in [0.15, 0.2) is 0 Å². The second-order valence-corrected chi connectivity index (χ2v) is 5.49. The van der Waals surface area contributed by atoms with Gasteiger partial charge in [-0.25, -0.2) is 18.1 Å². The lowest BCUT2D eigenvalue weighted by atomic mass is 10.3. The lowest BCUT2D eigenvalue weighted by Crippen LogP contribution is -2.27. The molecule has 0 saturated carbocycles. The molecule has 0 aliphatic carbocycles. The topological polar surface area (TPSA) is 94.9 Å². The highest BCUT2D eigenvalue weighted by molar-refractivity contribution is 7.88. The molecule has 0 aliphatic heterocycles. The van der Waals surface area contributed by atoms with Crippen molar-refractivity contribution in [2.24, 2.45) is 0 Å². The predicted molar refractivity (Wildman–Crippen MR) is 65.3 cm³/mol. The Bertz CT molecular complexity index is 538. The van der Waals surface area contributed by atoms with Gasteiger partial charge in [0, 0.05) is 13.1 Å². The number of halogens is 1. The third-order valence-corrected chi connectivity index (χ3v) is 2.64. The van der Waals surface area contributed by atoms with Gasteiger partial charge in [-0.3, -0.25) is 0 Å². The monoisotopic (exact) mass is 274 g/mol. The number of nitrogens with zero attached hydrogens (tertiary/aromatic N) is 2. The third-order valence-electron chi connectivity index (χ3n) is 1.72. The molecule has 0 unspecified atom stereocenters. The summed E-state index contributed by atoms with van der Waals surface area (Å²) in [5.74, 6) is 0.435. The third kappa shape index (κ3) is 5.49. The first-order valence-electron chi connectivity index (χ1n) is 4.67. The molecule has 0 bridgehead atoms. The Morgan fingerprint density at radius 3 is 2.76 bits per heavy atom. The van der Waals surface area contributed by atoms with Crippen LogP contribution in [-0.4, -0.2) is 32.7 Å². The number of rotatable bonds is 5. The van der Waals surface area contributed by atoms with Crippen LogP contribution < -0.4 is 10.0 Å². The molecular formula is C9H11ClN4O2S. The van der Waals surface area contributed by atoms with Crippen LogP contribution in [0.2, 0.25) is 5.15 Å². The van der Waals surface area contributed by atoms with E-state index in [2.05, 4.69) is 15.0 Å². The zero-order valence-corrected chi connectivity index (χ0v) is 10.6. The quantitative estimate of drug-likeness (QED) is 0.604. The molecule has 2 N–H and O–H groups in total. The zero-order chi connectivity index (χ0) is 12.9. The number of anilines is 1. The van der Waals surface area contributed by atoms with E-state index in [4.69, 9.17) is 16.9 Å². The van der Waals surface area contributed by atoms with Crippen molar-refractivity contribution < 1.29 is 8.42 Å². The molecular weight excluding hydrogens is 264 g/mol. The number of hydrogen-bond donors (Lipinski definition) is 2. The zero-order valence-electron chi connectivity index (χ0n) is 9.07. The molecule has 8 heteroatoms. The summed E-state index contributed by atoms with van der Waals surface area (Å²) in [5, 5.41) is 11.8. The van der Waals surface area contributed by atoms with Crippen molar-refractivity contribution in [1.29, 1.82) is 5.26 Å². The van der Waals surface area contributed by atoms with Crippen LogP contribution in [0.3, 0.4) is 0 Å². The van der Waals surface area contributed by atoms with Crippen LogP contribution >= 0.6 is 11.6 Å². The Labute approximate surface area is 105 Å². The molecule has 1 heterocycles. The van der Waals surface area contributed by atoms with Gasteiger partial charge in [0.2, 0.25) is 10.0 Å². The highest BCUT2D eigenvalue weighted by Crippen LogP contribution is 2.13. The molecule has 1 aromatic heterocycles. The average molecular weight is 275 g/mol. The molecule has 0 fully saturated rings. The Hall–Kier alpha value is -1.36. The fourth-order valence-electron chi connectivity index (χ4n) is 1.08. The van der Waals surface area contributed by atoms with Crippen molar-refractivity contribution in [3.8, 4) is 6.07 Å². The molecule has 0 aliphatic rings. The molecule has 1 aromatic rings. The van der Waals surface area contributed by atoms with Gasteiger partial charge in [0.1, 0.15) is 11.0 Å². The normalized spacial score (nSPS) is 10.9. The molecule has 0 atom stereocenters. The van der Waals surface area contributed by atoms with Crippen LogP contribution in [0.25, 0.3) is 0 Å². The second kappa shape index (κ2) is 5.82. The van der Waals surface area contributed by atoms with Crippen molar-refractivity contribution in [2.75, 3.05) is 24.7 Å². The summed E-state index contributed by atoms with van der Waals surface area (Å²) in [5.41, 5.74) is 0.392. The smallest absolute Gasteiger partial charge is 0.208 e. The van der Waals surface area contributed by atoms with E-state index in [1.54, 1.807) is 0 Å². The average Bonchev–Trinajstić information content (AvgIpc) is 2.22. The summed E-state index contributed by atoms with van der Waals surface area (Å²) in [4.78, 5) is 3.94. The highest BCUT2D eigenvalue weighted by Gasteiger charge is 2.02. The number of sulfonamides is 1. The summed E-state index contributed by atoms with van der Waals surface area (Å²) in [7, 11) is -3.19. The maximum Gasteiger partial charge on any atom is 0.208 e. The number of nitrogens with one attached hydrogen (secondary N) is 2. The van der Waals surface area contributed by atoms with Gasteiger partial charge in [-0.2, -0.15) is 5.26 Å². The summed E-state index contributed by atoms with van der Waals surface area (Å²) in [6, 6.07) is 4.93. The first-order chi connectivity index (χ1) is 7.90. The minimum absolute atomic E-state index is 0.211. The molecule has 0 amide bonds. The predicted octanol–water partition coefficient (Wildman–Crippen LogP) is 0.568. The van der Waals surface area contributed by atoms with E-state index in [1.165, 1.54) is 12.1 Å². The van der Waals surface area contributed by atoms with Crippen LogP contribution in [0.15, 0.2) is 12.1 Å². The van der Waals surface area contributed by atoms with E-state index >= 15 is 0 Å². The summed E-state index contributed by atoms with van der Waals surface area (Å²) < 4.78 is 23.9. The van der Waals surface area contributed by atoms with Gasteiger partial charge in [0.05, 0.1) is 17.9 Å². The Morgan fingerprint density at radius 1 is 1.47 bits per heavy atom. The van der Waals surface area contributed by atoms with E-state index in [0.717, 1.165) is 6.26 Å². The fraction of sp³-hybridized carbons (Fsp3) is 0.333. The van der Waals surface area contributed by atoms with Crippen LogP contribution in [0, 0.1) is 11.3 Å². The number of aromatic nitrogens is 1. The minimum atomic E-state index is -3.19. The highest BCUT2D eigenvalue weighted by atomic mass is 35.5. The lowest BCUT2D eigenvalue weighted by Gasteiger charge is -2.06. The van der Waals surface area contributed by atoms with E-state index in [9.17, 15) is 8.42 Å².